The molecule has 1 heterocycles. The Kier molecular flexibility index (Phi) is 9.31. The molecule has 0 aromatic carbocycles. The molecular formula is C16H26N4O8. The number of hydrogen-bond donors (Lipinski definition) is 6. The van der Waals surface area contributed by atoms with Crippen molar-refractivity contribution in [3.8, 4) is 0 Å². The molecule has 158 valence electrons. The summed E-state index contributed by atoms with van der Waals surface area (Å²) in [5.41, 5.74) is -0.342. The number of aromatic nitrogens is 2. The van der Waals surface area contributed by atoms with Crippen LogP contribution in [0.2, 0.25) is 0 Å². The second-order valence-electron chi connectivity index (χ2n) is 6.22. The molecule has 1 rings (SSSR count). The first-order valence-corrected chi connectivity index (χ1v) is 8.42. The molecule has 0 bridgehead atoms. The zero-order valence-corrected chi connectivity index (χ0v) is 15.6. The van der Waals surface area contributed by atoms with Crippen LogP contribution in [-0.2, 0) is 0 Å². The highest BCUT2D eigenvalue weighted by atomic mass is 16.3. The number of aliphatic hydroxyl groups is 6. The first-order valence-electron chi connectivity index (χ1n) is 8.42. The Morgan fingerprint density at radius 2 is 1.14 bits per heavy atom. The predicted molar refractivity (Wildman–Crippen MR) is 93.7 cm³/mol. The van der Waals surface area contributed by atoms with Gasteiger partial charge in [-0.2, -0.15) is 0 Å². The summed E-state index contributed by atoms with van der Waals surface area (Å²) in [6.07, 6.45) is -3.59. The lowest BCUT2D eigenvalue weighted by atomic mass is 10.2. The molecule has 6 N–H and O–H groups in total. The normalized spacial score (nSPS) is 15.4. The maximum Gasteiger partial charge on any atom is 0.275 e. The summed E-state index contributed by atoms with van der Waals surface area (Å²) in [6.45, 7) is -1.13. The van der Waals surface area contributed by atoms with Crippen molar-refractivity contribution >= 4 is 11.8 Å². The first-order chi connectivity index (χ1) is 13.1. The average Bonchev–Trinajstić information content (AvgIpc) is 2.71. The molecule has 12 heteroatoms. The topological polar surface area (TPSA) is 188 Å². The van der Waals surface area contributed by atoms with Crippen molar-refractivity contribution in [2.45, 2.75) is 37.5 Å². The average molecular weight is 402 g/mol. The molecule has 0 saturated carbocycles. The van der Waals surface area contributed by atoms with Gasteiger partial charge in [0.25, 0.3) is 11.8 Å². The van der Waals surface area contributed by atoms with Crippen LogP contribution in [0.3, 0.4) is 0 Å². The van der Waals surface area contributed by atoms with E-state index in [9.17, 15) is 30.0 Å². The fourth-order valence-electron chi connectivity index (χ4n) is 2.13. The number of rotatable bonds is 10. The number of amides is 2. The summed E-state index contributed by atoms with van der Waals surface area (Å²) >= 11 is 0. The minimum absolute atomic E-state index is 0.171. The van der Waals surface area contributed by atoms with Gasteiger partial charge >= 0.3 is 0 Å². The van der Waals surface area contributed by atoms with Crippen molar-refractivity contribution in [1.82, 2.24) is 19.8 Å². The predicted octanol–water partition coefficient (Wildman–Crippen LogP) is -3.26. The first kappa shape index (κ1) is 23.8. The van der Waals surface area contributed by atoms with Crippen molar-refractivity contribution in [3.05, 3.63) is 23.8 Å². The van der Waals surface area contributed by atoms with Crippen LogP contribution in [-0.4, -0.2) is 114 Å². The molecule has 0 aliphatic carbocycles. The minimum Gasteiger partial charge on any atom is -0.394 e. The van der Waals surface area contributed by atoms with E-state index < -0.39 is 49.7 Å². The Hall–Kier alpha value is -2.22. The molecular weight excluding hydrogens is 376 g/mol. The Morgan fingerprint density at radius 3 is 1.39 bits per heavy atom. The molecule has 0 radical (unpaired) electrons. The molecule has 1 aromatic heterocycles. The third-order valence-corrected chi connectivity index (χ3v) is 4.01. The van der Waals surface area contributed by atoms with Crippen molar-refractivity contribution in [2.24, 2.45) is 0 Å². The van der Waals surface area contributed by atoms with Gasteiger partial charge in [0.1, 0.15) is 23.8 Å². The minimum atomic E-state index is -1.36. The van der Waals surface area contributed by atoms with Gasteiger partial charge in [0.2, 0.25) is 0 Å². The van der Waals surface area contributed by atoms with Crippen LogP contribution in [0.15, 0.2) is 12.4 Å². The molecule has 1 aromatic rings. The summed E-state index contributed by atoms with van der Waals surface area (Å²) < 4.78 is 0. The highest BCUT2D eigenvalue weighted by Gasteiger charge is 2.25. The quantitative estimate of drug-likeness (QED) is 0.217. The number of nitrogens with zero attached hydrogens (tertiary/aromatic N) is 4. The van der Waals surface area contributed by atoms with E-state index in [1.165, 1.54) is 14.1 Å². The number of carbonyl (C=O) groups excluding carboxylic acids is 2. The van der Waals surface area contributed by atoms with Crippen LogP contribution in [0.25, 0.3) is 0 Å². The molecule has 0 aliphatic rings. The van der Waals surface area contributed by atoms with Crippen LogP contribution in [0.4, 0.5) is 0 Å². The van der Waals surface area contributed by atoms with Crippen molar-refractivity contribution in [2.75, 3.05) is 27.3 Å². The lowest BCUT2D eigenvalue weighted by molar-refractivity contribution is -0.0222. The molecule has 0 spiro atoms. The van der Waals surface area contributed by atoms with Gasteiger partial charge in [0, 0.05) is 26.9 Å². The lowest BCUT2D eigenvalue weighted by Gasteiger charge is -2.25. The molecule has 2 amide bonds. The second-order valence-corrected chi connectivity index (χ2v) is 6.22. The fourth-order valence-corrected chi connectivity index (χ4v) is 2.13. The summed E-state index contributed by atoms with van der Waals surface area (Å²) in [5.74, 6) is -1.44. The van der Waals surface area contributed by atoms with Crippen molar-refractivity contribution in [3.63, 3.8) is 0 Å². The number of aliphatic hydroxyl groups excluding tert-OH is 6. The smallest absolute Gasteiger partial charge is 0.275 e. The lowest BCUT2D eigenvalue weighted by Crippen LogP contribution is -2.41. The van der Waals surface area contributed by atoms with Crippen LogP contribution in [0.1, 0.15) is 33.8 Å². The third kappa shape index (κ3) is 6.44. The van der Waals surface area contributed by atoms with E-state index >= 15 is 0 Å². The molecule has 12 nitrogen and oxygen atoms in total. The monoisotopic (exact) mass is 402 g/mol. The van der Waals surface area contributed by atoms with E-state index in [2.05, 4.69) is 9.97 Å². The van der Waals surface area contributed by atoms with E-state index in [1.54, 1.807) is 0 Å². The van der Waals surface area contributed by atoms with E-state index in [0.717, 1.165) is 22.2 Å². The van der Waals surface area contributed by atoms with Gasteiger partial charge in [-0.3, -0.25) is 9.59 Å². The van der Waals surface area contributed by atoms with Crippen LogP contribution >= 0.6 is 0 Å². The third-order valence-electron chi connectivity index (χ3n) is 4.01. The largest absolute Gasteiger partial charge is 0.394 e. The van der Waals surface area contributed by atoms with Crippen molar-refractivity contribution in [1.29, 1.82) is 0 Å². The molecule has 4 unspecified atom stereocenters. The van der Waals surface area contributed by atoms with Crippen LogP contribution in [0, 0.1) is 0 Å². The van der Waals surface area contributed by atoms with E-state index in [4.69, 9.17) is 10.2 Å². The summed E-state index contributed by atoms with van der Waals surface area (Å²) in [5, 5.41) is 56.0. The maximum absolute atomic E-state index is 12.3. The van der Waals surface area contributed by atoms with E-state index in [-0.39, 0.29) is 24.2 Å². The second kappa shape index (κ2) is 10.9. The van der Waals surface area contributed by atoms with Gasteiger partial charge < -0.3 is 40.4 Å². The zero-order chi connectivity index (χ0) is 21.4. The van der Waals surface area contributed by atoms with E-state index in [1.807, 2.05) is 0 Å². The molecule has 0 fully saturated rings. The van der Waals surface area contributed by atoms with Gasteiger partial charge in [0.05, 0.1) is 37.8 Å². The summed E-state index contributed by atoms with van der Waals surface area (Å²) in [4.78, 5) is 34.0. The Morgan fingerprint density at radius 1 is 0.821 bits per heavy atom. The molecule has 0 saturated heterocycles. The van der Waals surface area contributed by atoms with Gasteiger partial charge in [-0.05, 0) is 0 Å². The highest BCUT2D eigenvalue weighted by Crippen LogP contribution is 2.10. The van der Waals surface area contributed by atoms with Gasteiger partial charge in [0.15, 0.2) is 0 Å². The van der Waals surface area contributed by atoms with Crippen LogP contribution in [0.5, 0.6) is 0 Å². The van der Waals surface area contributed by atoms with E-state index in [0.29, 0.717) is 0 Å². The Labute approximate surface area is 161 Å². The fraction of sp³-hybridized carbons (Fsp3) is 0.625. The number of carbonyl (C=O) groups is 2. The summed E-state index contributed by atoms with van der Waals surface area (Å²) in [7, 11) is 2.54. The SMILES string of the molecule is CN(C(=O)c1cnc(C(=O)N(C)C(O)CC(O)CO)cn1)C(O)CC(O)CO. The molecule has 4 atom stereocenters. The maximum atomic E-state index is 12.3. The van der Waals surface area contributed by atoms with Gasteiger partial charge in [-0.25, -0.2) is 9.97 Å². The van der Waals surface area contributed by atoms with Crippen LogP contribution < -0.4 is 0 Å². The molecule has 0 aliphatic heterocycles. The number of hydrogen-bond acceptors (Lipinski definition) is 10. The van der Waals surface area contributed by atoms with Gasteiger partial charge in [-0.15, -0.1) is 0 Å². The van der Waals surface area contributed by atoms with Crippen molar-refractivity contribution < 1.29 is 40.2 Å². The standard InChI is InChI=1S/C16H26N4O8/c1-19(13(25)3-9(23)7-21)15(27)11-5-18-12(6-17-11)16(28)20(2)14(26)4-10(24)8-22/h5-6,9-10,13-14,21-26H,3-4,7-8H2,1-2H3. The van der Waals surface area contributed by atoms with Gasteiger partial charge in [-0.1, -0.05) is 0 Å². The summed E-state index contributed by atoms with van der Waals surface area (Å²) in [6, 6.07) is 0. The zero-order valence-electron chi connectivity index (χ0n) is 15.6. The Bertz CT molecular complexity index is 589. The molecule has 28 heavy (non-hydrogen) atoms. The highest BCUT2D eigenvalue weighted by molar-refractivity contribution is 5.94. The Balaban J connectivity index is 2.79.